The average molecular weight is 341 g/mol. The van der Waals surface area contributed by atoms with Gasteiger partial charge >= 0.3 is 0 Å². The lowest BCUT2D eigenvalue weighted by Gasteiger charge is -2.32. The van der Waals surface area contributed by atoms with E-state index in [1.807, 2.05) is 6.92 Å². The van der Waals surface area contributed by atoms with Crippen LogP contribution >= 0.6 is 11.6 Å². The second-order valence-corrected chi connectivity index (χ2v) is 6.88. The molecule has 1 amide bonds. The van der Waals surface area contributed by atoms with Crippen LogP contribution in [0, 0.1) is 11.7 Å². The van der Waals surface area contributed by atoms with E-state index in [2.05, 4.69) is 17.1 Å². The summed E-state index contributed by atoms with van der Waals surface area (Å²) in [6.45, 7) is 6.15. The molecule has 128 valence electrons. The number of piperidine rings is 1. The van der Waals surface area contributed by atoms with Gasteiger partial charge in [-0.1, -0.05) is 31.0 Å². The Labute approximate surface area is 143 Å². The van der Waals surface area contributed by atoms with E-state index in [-0.39, 0.29) is 23.7 Å². The second kappa shape index (κ2) is 8.65. The molecule has 23 heavy (non-hydrogen) atoms. The Morgan fingerprint density at radius 3 is 3.00 bits per heavy atom. The number of hydrogen-bond acceptors (Lipinski definition) is 2. The van der Waals surface area contributed by atoms with Gasteiger partial charge in [0.25, 0.3) is 0 Å². The summed E-state index contributed by atoms with van der Waals surface area (Å²) in [6, 6.07) is 4.97. The Bertz CT molecular complexity index is 518. The maximum absolute atomic E-state index is 13.9. The summed E-state index contributed by atoms with van der Waals surface area (Å²) in [4.78, 5) is 14.5. The van der Waals surface area contributed by atoms with E-state index in [0.29, 0.717) is 23.7 Å². The van der Waals surface area contributed by atoms with Gasteiger partial charge in [-0.05, 0) is 44.9 Å². The Balaban J connectivity index is 1.94. The van der Waals surface area contributed by atoms with E-state index < -0.39 is 0 Å². The highest BCUT2D eigenvalue weighted by Crippen LogP contribution is 2.24. The SMILES string of the molecule is CCC[C@@H](C)NC(=O)[C@H]1CCCN(Cc2c(F)cccc2Cl)C1. The number of rotatable bonds is 6. The van der Waals surface area contributed by atoms with Crippen molar-refractivity contribution in [2.24, 2.45) is 5.92 Å². The minimum atomic E-state index is -0.277. The van der Waals surface area contributed by atoms with Crippen LogP contribution in [0.15, 0.2) is 18.2 Å². The zero-order valence-corrected chi connectivity index (χ0v) is 14.7. The number of likely N-dealkylation sites (tertiary alicyclic amines) is 1. The molecule has 3 nitrogen and oxygen atoms in total. The van der Waals surface area contributed by atoms with Gasteiger partial charge in [-0.3, -0.25) is 9.69 Å². The molecule has 1 aromatic rings. The van der Waals surface area contributed by atoms with Crippen molar-refractivity contribution in [1.82, 2.24) is 10.2 Å². The van der Waals surface area contributed by atoms with Gasteiger partial charge in [0, 0.05) is 29.7 Å². The van der Waals surface area contributed by atoms with Crippen molar-refractivity contribution in [1.29, 1.82) is 0 Å². The summed E-state index contributed by atoms with van der Waals surface area (Å²) < 4.78 is 13.9. The van der Waals surface area contributed by atoms with E-state index in [0.717, 1.165) is 32.2 Å². The van der Waals surface area contributed by atoms with Crippen LogP contribution in [0.1, 0.15) is 45.1 Å². The predicted molar refractivity (Wildman–Crippen MR) is 91.9 cm³/mol. The highest BCUT2D eigenvalue weighted by atomic mass is 35.5. The third kappa shape index (κ3) is 5.18. The molecule has 0 radical (unpaired) electrons. The zero-order valence-electron chi connectivity index (χ0n) is 13.9. The van der Waals surface area contributed by atoms with Gasteiger partial charge in [-0.25, -0.2) is 4.39 Å². The second-order valence-electron chi connectivity index (χ2n) is 6.47. The fourth-order valence-electron chi connectivity index (χ4n) is 3.19. The van der Waals surface area contributed by atoms with E-state index in [1.54, 1.807) is 12.1 Å². The first-order valence-corrected chi connectivity index (χ1v) is 8.84. The topological polar surface area (TPSA) is 32.3 Å². The molecule has 0 aliphatic carbocycles. The first-order chi connectivity index (χ1) is 11.0. The van der Waals surface area contributed by atoms with Gasteiger partial charge in [0.05, 0.1) is 5.92 Å². The Hall–Kier alpha value is -1.13. The van der Waals surface area contributed by atoms with E-state index in [1.165, 1.54) is 6.07 Å². The lowest BCUT2D eigenvalue weighted by molar-refractivity contribution is -0.127. The normalized spacial score (nSPS) is 20.3. The van der Waals surface area contributed by atoms with Crippen LogP contribution in [0.25, 0.3) is 0 Å². The highest BCUT2D eigenvalue weighted by Gasteiger charge is 2.27. The summed E-state index contributed by atoms with van der Waals surface area (Å²) in [5, 5.41) is 3.54. The fraction of sp³-hybridized carbons (Fsp3) is 0.611. The molecule has 1 fully saturated rings. The maximum Gasteiger partial charge on any atom is 0.224 e. The maximum atomic E-state index is 13.9. The molecule has 5 heteroatoms. The van der Waals surface area contributed by atoms with Crippen molar-refractivity contribution < 1.29 is 9.18 Å². The third-order valence-electron chi connectivity index (χ3n) is 4.43. The summed E-state index contributed by atoms with van der Waals surface area (Å²) in [5.41, 5.74) is 0.523. The molecular weight excluding hydrogens is 315 g/mol. The largest absolute Gasteiger partial charge is 0.353 e. The minimum absolute atomic E-state index is 0.0198. The van der Waals surface area contributed by atoms with Crippen LogP contribution in [-0.4, -0.2) is 29.9 Å². The highest BCUT2D eigenvalue weighted by molar-refractivity contribution is 6.31. The van der Waals surface area contributed by atoms with E-state index >= 15 is 0 Å². The molecule has 0 saturated carbocycles. The molecule has 2 atom stereocenters. The van der Waals surface area contributed by atoms with Gasteiger partial charge in [-0.2, -0.15) is 0 Å². The van der Waals surface area contributed by atoms with E-state index in [9.17, 15) is 9.18 Å². The minimum Gasteiger partial charge on any atom is -0.353 e. The number of nitrogens with one attached hydrogen (secondary N) is 1. The standard InChI is InChI=1S/C18H26ClFN2O/c1-3-6-13(2)21-18(23)14-7-5-10-22(11-14)12-15-16(19)8-4-9-17(15)20/h4,8-9,13-14H,3,5-7,10-12H2,1-2H3,(H,21,23)/t13-,14+/m1/s1. The summed E-state index contributed by atoms with van der Waals surface area (Å²) in [7, 11) is 0. The van der Waals surface area contributed by atoms with Gasteiger partial charge in [0.1, 0.15) is 5.82 Å². The van der Waals surface area contributed by atoms with Crippen LogP contribution in [0.4, 0.5) is 4.39 Å². The smallest absolute Gasteiger partial charge is 0.224 e. The molecule has 1 saturated heterocycles. The molecule has 0 bridgehead atoms. The fourth-order valence-corrected chi connectivity index (χ4v) is 3.41. The van der Waals surface area contributed by atoms with Gasteiger partial charge in [-0.15, -0.1) is 0 Å². The molecule has 2 rings (SSSR count). The average Bonchev–Trinajstić information content (AvgIpc) is 2.51. The van der Waals surface area contributed by atoms with Gasteiger partial charge < -0.3 is 5.32 Å². The number of benzene rings is 1. The molecule has 1 heterocycles. The first kappa shape index (κ1) is 18.2. The molecule has 0 aromatic heterocycles. The van der Waals surface area contributed by atoms with Crippen molar-refractivity contribution in [3.63, 3.8) is 0 Å². The molecular formula is C18H26ClFN2O. The number of carbonyl (C=O) groups excluding carboxylic acids is 1. The lowest BCUT2D eigenvalue weighted by atomic mass is 9.96. The monoisotopic (exact) mass is 340 g/mol. The molecule has 1 N–H and O–H groups in total. The molecule has 1 aromatic carbocycles. The van der Waals surface area contributed by atoms with Gasteiger partial charge in [0.15, 0.2) is 0 Å². The summed E-state index contributed by atoms with van der Waals surface area (Å²) in [5.74, 6) is -0.176. The zero-order chi connectivity index (χ0) is 16.8. The van der Waals surface area contributed by atoms with Crippen molar-refractivity contribution in [2.45, 2.75) is 52.1 Å². The number of nitrogens with zero attached hydrogens (tertiary/aromatic N) is 1. The lowest BCUT2D eigenvalue weighted by Crippen LogP contribution is -2.45. The molecule has 0 unspecified atom stereocenters. The number of amides is 1. The Kier molecular flexibility index (Phi) is 6.85. The molecule has 0 spiro atoms. The van der Waals surface area contributed by atoms with Crippen LogP contribution < -0.4 is 5.32 Å². The van der Waals surface area contributed by atoms with Gasteiger partial charge in [0.2, 0.25) is 5.91 Å². The predicted octanol–water partition coefficient (Wildman–Crippen LogP) is 4.00. The molecule has 1 aliphatic heterocycles. The quantitative estimate of drug-likeness (QED) is 0.849. The van der Waals surface area contributed by atoms with Crippen LogP contribution in [0.5, 0.6) is 0 Å². The van der Waals surface area contributed by atoms with Crippen molar-refractivity contribution in [3.05, 3.63) is 34.6 Å². The number of hydrogen-bond donors (Lipinski definition) is 1. The van der Waals surface area contributed by atoms with E-state index in [4.69, 9.17) is 11.6 Å². The van der Waals surface area contributed by atoms with Crippen molar-refractivity contribution in [3.8, 4) is 0 Å². The Morgan fingerprint density at radius 1 is 1.52 bits per heavy atom. The number of carbonyl (C=O) groups is 1. The van der Waals surface area contributed by atoms with Crippen molar-refractivity contribution in [2.75, 3.05) is 13.1 Å². The van der Waals surface area contributed by atoms with Crippen LogP contribution in [-0.2, 0) is 11.3 Å². The summed E-state index contributed by atoms with van der Waals surface area (Å²) >= 11 is 6.11. The summed E-state index contributed by atoms with van der Waals surface area (Å²) in [6.07, 6.45) is 3.90. The van der Waals surface area contributed by atoms with Crippen molar-refractivity contribution >= 4 is 17.5 Å². The van der Waals surface area contributed by atoms with Crippen LogP contribution in [0.3, 0.4) is 0 Å². The molecule has 1 aliphatic rings. The first-order valence-electron chi connectivity index (χ1n) is 8.46. The number of halogens is 2. The third-order valence-corrected chi connectivity index (χ3v) is 4.78. The van der Waals surface area contributed by atoms with Crippen LogP contribution in [0.2, 0.25) is 5.02 Å². The Morgan fingerprint density at radius 2 is 2.30 bits per heavy atom.